The summed E-state index contributed by atoms with van der Waals surface area (Å²) >= 11 is 8.83. The number of hydrogen-bond acceptors (Lipinski definition) is 2. The summed E-state index contributed by atoms with van der Waals surface area (Å²) in [5, 5.41) is 0. The van der Waals surface area contributed by atoms with Crippen LogP contribution in [-0.2, 0) is 6.54 Å². The summed E-state index contributed by atoms with van der Waals surface area (Å²) in [7, 11) is 0. The number of fused-ring (bicyclic) bond motifs is 1. The van der Waals surface area contributed by atoms with Crippen molar-refractivity contribution >= 4 is 39.2 Å². The van der Waals surface area contributed by atoms with E-state index in [1.165, 1.54) is 0 Å². The lowest BCUT2D eigenvalue weighted by atomic mass is 10.3. The zero-order valence-electron chi connectivity index (χ0n) is 9.74. The summed E-state index contributed by atoms with van der Waals surface area (Å²) in [5.74, 6) is 1.82. The molecule has 0 spiro atoms. The molecule has 0 aliphatic carbocycles. The lowest BCUT2D eigenvalue weighted by molar-refractivity contribution is 0.471. The largest absolute Gasteiger partial charge is 0.464 e. The third-order valence-electron chi connectivity index (χ3n) is 2.85. The summed E-state index contributed by atoms with van der Waals surface area (Å²) in [5.41, 5.74) is 2.11. The molecule has 1 N–H and O–H groups in total. The van der Waals surface area contributed by atoms with Crippen molar-refractivity contribution in [3.63, 3.8) is 0 Å². The number of benzene rings is 1. The smallest absolute Gasteiger partial charge is 0.178 e. The summed E-state index contributed by atoms with van der Waals surface area (Å²) in [6.45, 7) is 2.58. The van der Waals surface area contributed by atoms with Gasteiger partial charge in [-0.2, -0.15) is 0 Å². The fraction of sp³-hybridized carbons (Fsp3) is 0.154. The van der Waals surface area contributed by atoms with Crippen molar-refractivity contribution in [1.29, 1.82) is 0 Å². The highest BCUT2D eigenvalue weighted by molar-refractivity contribution is 9.10. The van der Waals surface area contributed by atoms with Gasteiger partial charge in [-0.1, -0.05) is 15.9 Å². The molecule has 0 saturated carbocycles. The SMILES string of the molecule is Cc1ccc(Cn2c(=S)[nH]c3ccc(Br)cc32)o1. The van der Waals surface area contributed by atoms with Gasteiger partial charge in [-0.05, 0) is 49.5 Å². The van der Waals surface area contributed by atoms with Gasteiger partial charge in [-0.15, -0.1) is 0 Å². The molecular weight excluding hydrogens is 312 g/mol. The van der Waals surface area contributed by atoms with Crippen molar-refractivity contribution in [3.05, 3.63) is 51.1 Å². The van der Waals surface area contributed by atoms with Gasteiger partial charge in [0.25, 0.3) is 0 Å². The fourth-order valence-corrected chi connectivity index (χ4v) is 2.63. The molecule has 3 nitrogen and oxygen atoms in total. The summed E-state index contributed by atoms with van der Waals surface area (Å²) in [4.78, 5) is 3.20. The molecule has 1 aromatic carbocycles. The molecule has 3 aromatic rings. The van der Waals surface area contributed by atoms with Crippen LogP contribution in [0.1, 0.15) is 11.5 Å². The highest BCUT2D eigenvalue weighted by atomic mass is 79.9. The number of halogens is 1. The first-order valence-corrected chi connectivity index (χ1v) is 6.77. The Morgan fingerprint density at radius 1 is 1.33 bits per heavy atom. The molecule has 18 heavy (non-hydrogen) atoms. The van der Waals surface area contributed by atoms with Gasteiger partial charge in [-0.3, -0.25) is 0 Å². The van der Waals surface area contributed by atoms with E-state index in [0.29, 0.717) is 11.3 Å². The van der Waals surface area contributed by atoms with Crippen molar-refractivity contribution < 1.29 is 4.42 Å². The molecule has 0 saturated heterocycles. The van der Waals surface area contributed by atoms with Gasteiger partial charge in [0, 0.05) is 4.47 Å². The van der Waals surface area contributed by atoms with E-state index in [9.17, 15) is 0 Å². The molecule has 0 bridgehead atoms. The Hall–Kier alpha value is -1.33. The Bertz CT molecular complexity index is 769. The first-order chi connectivity index (χ1) is 8.63. The Morgan fingerprint density at radius 3 is 2.89 bits per heavy atom. The van der Waals surface area contributed by atoms with Gasteiger partial charge >= 0.3 is 0 Å². The number of aromatic nitrogens is 2. The van der Waals surface area contributed by atoms with Crippen LogP contribution < -0.4 is 0 Å². The molecule has 0 atom stereocenters. The molecule has 3 rings (SSSR count). The predicted octanol–water partition coefficient (Wildman–Crippen LogP) is 4.41. The van der Waals surface area contributed by atoms with Crippen molar-refractivity contribution in [2.24, 2.45) is 0 Å². The van der Waals surface area contributed by atoms with Crippen LogP contribution in [0.4, 0.5) is 0 Å². The lowest BCUT2D eigenvalue weighted by Gasteiger charge is -2.02. The summed E-state index contributed by atoms with van der Waals surface area (Å²) < 4.78 is 9.37. The second kappa shape index (κ2) is 4.40. The fourth-order valence-electron chi connectivity index (χ4n) is 2.01. The third-order valence-corrected chi connectivity index (χ3v) is 3.66. The molecular formula is C13H11BrN2OS. The van der Waals surface area contributed by atoms with Gasteiger partial charge in [0.15, 0.2) is 4.77 Å². The second-order valence-electron chi connectivity index (χ2n) is 4.19. The van der Waals surface area contributed by atoms with E-state index in [-0.39, 0.29) is 0 Å². The molecule has 0 aliphatic heterocycles. The first kappa shape index (κ1) is 11.7. The minimum Gasteiger partial charge on any atom is -0.464 e. The van der Waals surface area contributed by atoms with Gasteiger partial charge < -0.3 is 14.0 Å². The van der Waals surface area contributed by atoms with E-state index in [0.717, 1.165) is 27.0 Å². The third kappa shape index (κ3) is 2.04. The monoisotopic (exact) mass is 322 g/mol. The molecule has 5 heteroatoms. The van der Waals surface area contributed by atoms with Crippen LogP contribution in [0, 0.1) is 11.7 Å². The zero-order valence-corrected chi connectivity index (χ0v) is 12.1. The molecule has 0 unspecified atom stereocenters. The van der Waals surface area contributed by atoms with Gasteiger partial charge in [0.2, 0.25) is 0 Å². The van der Waals surface area contributed by atoms with Crippen LogP contribution >= 0.6 is 28.1 Å². The second-order valence-corrected chi connectivity index (χ2v) is 5.49. The van der Waals surface area contributed by atoms with Crippen molar-refractivity contribution in [2.75, 3.05) is 0 Å². The van der Waals surface area contributed by atoms with Crippen LogP contribution in [0.2, 0.25) is 0 Å². The van der Waals surface area contributed by atoms with E-state index in [4.69, 9.17) is 16.6 Å². The molecule has 2 aromatic heterocycles. The van der Waals surface area contributed by atoms with Crippen LogP contribution in [0.15, 0.2) is 39.2 Å². The summed E-state index contributed by atoms with van der Waals surface area (Å²) in [6.07, 6.45) is 0. The molecule has 0 amide bonds. The Morgan fingerprint density at radius 2 is 2.17 bits per heavy atom. The Labute approximate surface area is 118 Å². The average molecular weight is 323 g/mol. The van der Waals surface area contributed by atoms with Crippen LogP contribution in [0.5, 0.6) is 0 Å². The number of imidazole rings is 1. The standard InChI is InChI=1S/C13H11BrN2OS/c1-8-2-4-10(17-8)7-16-12-6-9(14)3-5-11(12)15-13(16)18/h2-6H,7H2,1H3,(H,15,18). The maximum atomic E-state index is 5.60. The average Bonchev–Trinajstić information content (AvgIpc) is 2.86. The van der Waals surface area contributed by atoms with Gasteiger partial charge in [0.1, 0.15) is 11.5 Å². The number of hydrogen-bond donors (Lipinski definition) is 1. The number of nitrogens with one attached hydrogen (secondary N) is 1. The van der Waals surface area contributed by atoms with Crippen LogP contribution in [0.25, 0.3) is 11.0 Å². The van der Waals surface area contributed by atoms with Gasteiger partial charge in [-0.25, -0.2) is 0 Å². The number of H-pyrrole nitrogens is 1. The molecule has 0 aliphatic rings. The number of aryl methyl sites for hydroxylation is 1. The van der Waals surface area contributed by atoms with Crippen molar-refractivity contribution in [3.8, 4) is 0 Å². The normalized spacial score (nSPS) is 11.2. The van der Waals surface area contributed by atoms with E-state index in [2.05, 4.69) is 27.0 Å². The van der Waals surface area contributed by atoms with E-state index >= 15 is 0 Å². The minimum absolute atomic E-state index is 0.642. The number of aromatic amines is 1. The predicted molar refractivity (Wildman–Crippen MR) is 77.4 cm³/mol. The van der Waals surface area contributed by atoms with Crippen molar-refractivity contribution in [2.45, 2.75) is 13.5 Å². The Kier molecular flexibility index (Phi) is 2.87. The Balaban J connectivity index is 2.13. The molecule has 92 valence electrons. The molecule has 0 fully saturated rings. The van der Waals surface area contributed by atoms with E-state index in [1.807, 2.05) is 35.8 Å². The van der Waals surface area contributed by atoms with E-state index in [1.54, 1.807) is 0 Å². The van der Waals surface area contributed by atoms with Crippen LogP contribution in [0.3, 0.4) is 0 Å². The first-order valence-electron chi connectivity index (χ1n) is 5.57. The minimum atomic E-state index is 0.642. The quantitative estimate of drug-likeness (QED) is 0.709. The number of furan rings is 1. The number of nitrogens with zero attached hydrogens (tertiary/aromatic N) is 1. The van der Waals surface area contributed by atoms with E-state index < -0.39 is 0 Å². The maximum absolute atomic E-state index is 5.60. The molecule has 0 radical (unpaired) electrons. The maximum Gasteiger partial charge on any atom is 0.178 e. The summed E-state index contributed by atoms with van der Waals surface area (Å²) in [6, 6.07) is 10.0. The highest BCUT2D eigenvalue weighted by Gasteiger charge is 2.07. The van der Waals surface area contributed by atoms with Gasteiger partial charge in [0.05, 0.1) is 17.6 Å². The lowest BCUT2D eigenvalue weighted by Crippen LogP contribution is -1.98. The highest BCUT2D eigenvalue weighted by Crippen LogP contribution is 2.21. The topological polar surface area (TPSA) is 33.9 Å². The van der Waals surface area contributed by atoms with Crippen molar-refractivity contribution in [1.82, 2.24) is 9.55 Å². The van der Waals surface area contributed by atoms with Crippen LogP contribution in [-0.4, -0.2) is 9.55 Å². The number of rotatable bonds is 2. The molecule has 2 heterocycles. The zero-order chi connectivity index (χ0) is 12.7.